The Morgan fingerprint density at radius 1 is 1.47 bits per heavy atom. The van der Waals surface area contributed by atoms with Gasteiger partial charge in [0.05, 0.1) is 5.56 Å². The first-order chi connectivity index (χ1) is 7.73. The van der Waals surface area contributed by atoms with Crippen LogP contribution in [0.1, 0.15) is 56.5 Å². The highest BCUT2D eigenvalue weighted by molar-refractivity contribution is 7.14. The number of ether oxygens (including phenoxy) is 1. The molecule has 0 unspecified atom stereocenters. The smallest absolute Gasteiger partial charge is 0.341 e. The molecule has 0 saturated heterocycles. The van der Waals surface area contributed by atoms with Gasteiger partial charge in [0, 0.05) is 0 Å². The van der Waals surface area contributed by atoms with E-state index in [4.69, 9.17) is 10.5 Å². The van der Waals surface area contributed by atoms with Crippen LogP contribution in [0.3, 0.4) is 0 Å². The van der Waals surface area contributed by atoms with Crippen molar-refractivity contribution in [2.75, 3.05) is 5.73 Å². The molecule has 1 fully saturated rings. The molecular weight excluding hydrogens is 234 g/mol. The van der Waals surface area contributed by atoms with Gasteiger partial charge in [0.2, 0.25) is 0 Å². The molecule has 17 heavy (non-hydrogen) atoms. The van der Waals surface area contributed by atoms with E-state index in [9.17, 15) is 4.79 Å². The van der Waals surface area contributed by atoms with Crippen molar-refractivity contribution in [3.05, 3.63) is 16.5 Å². The zero-order valence-electron chi connectivity index (χ0n) is 10.8. The highest BCUT2D eigenvalue weighted by Crippen LogP contribution is 2.51. The van der Waals surface area contributed by atoms with Gasteiger partial charge in [-0.05, 0) is 50.0 Å². The number of anilines is 1. The summed E-state index contributed by atoms with van der Waals surface area (Å²) in [4.78, 5) is 12.1. The number of rotatable bonds is 2. The largest absolute Gasteiger partial charge is 0.456 e. The zero-order chi connectivity index (χ0) is 12.8. The van der Waals surface area contributed by atoms with Crippen LogP contribution < -0.4 is 5.73 Å². The van der Waals surface area contributed by atoms with Crippen molar-refractivity contribution in [1.29, 1.82) is 0 Å². The van der Waals surface area contributed by atoms with Gasteiger partial charge < -0.3 is 10.5 Å². The first-order valence-electron chi connectivity index (χ1n) is 5.84. The maximum absolute atomic E-state index is 12.1. The van der Waals surface area contributed by atoms with E-state index in [1.165, 1.54) is 11.3 Å². The number of nitrogen functional groups attached to an aromatic ring is 1. The summed E-state index contributed by atoms with van der Waals surface area (Å²) in [7, 11) is 0. The van der Waals surface area contributed by atoms with Gasteiger partial charge in [-0.25, -0.2) is 4.79 Å². The van der Waals surface area contributed by atoms with Crippen molar-refractivity contribution in [1.82, 2.24) is 0 Å². The molecule has 0 aromatic carbocycles. The molecule has 0 atom stereocenters. The summed E-state index contributed by atoms with van der Waals surface area (Å²) in [5, 5.41) is 2.57. The minimum atomic E-state index is -0.479. The quantitative estimate of drug-likeness (QED) is 0.822. The van der Waals surface area contributed by atoms with Gasteiger partial charge in [-0.1, -0.05) is 6.92 Å². The summed E-state index contributed by atoms with van der Waals surface area (Å²) < 4.78 is 5.41. The third kappa shape index (κ3) is 2.46. The zero-order valence-corrected chi connectivity index (χ0v) is 11.6. The van der Waals surface area contributed by atoms with Crippen LogP contribution in [0.15, 0.2) is 5.38 Å². The van der Waals surface area contributed by atoms with Crippen molar-refractivity contribution in [3.63, 3.8) is 0 Å². The Kier molecular flexibility index (Phi) is 2.73. The van der Waals surface area contributed by atoms with Gasteiger partial charge in [0.25, 0.3) is 0 Å². The second kappa shape index (κ2) is 3.73. The van der Waals surface area contributed by atoms with Crippen molar-refractivity contribution in [3.8, 4) is 0 Å². The number of esters is 1. The van der Waals surface area contributed by atoms with E-state index in [2.05, 4.69) is 6.92 Å². The van der Waals surface area contributed by atoms with E-state index in [1.54, 1.807) is 0 Å². The Morgan fingerprint density at radius 2 is 2.06 bits per heavy atom. The monoisotopic (exact) mass is 253 g/mol. The van der Waals surface area contributed by atoms with Crippen molar-refractivity contribution in [2.45, 2.75) is 51.6 Å². The first-order valence-corrected chi connectivity index (χ1v) is 6.72. The Labute approximate surface area is 106 Å². The Bertz CT molecular complexity index is 452. The third-order valence-electron chi connectivity index (χ3n) is 3.07. The summed E-state index contributed by atoms with van der Waals surface area (Å²) in [6.07, 6.45) is 2.25. The third-order valence-corrected chi connectivity index (χ3v) is 3.88. The molecule has 2 N–H and O–H groups in total. The van der Waals surface area contributed by atoms with Crippen LogP contribution in [0, 0.1) is 0 Å². The van der Waals surface area contributed by atoms with Crippen LogP contribution in [0.25, 0.3) is 0 Å². The molecule has 1 aromatic heterocycles. The van der Waals surface area contributed by atoms with Crippen LogP contribution >= 0.6 is 11.3 Å². The standard InChI is InChI=1S/C13H19NO2S/c1-12(2,3)16-11(15)9-8(7-17-10(9)14)13(4)5-6-13/h7H,5-6,14H2,1-4H3. The molecule has 1 aromatic rings. The van der Waals surface area contributed by atoms with Gasteiger partial charge in [-0.3, -0.25) is 0 Å². The van der Waals surface area contributed by atoms with Gasteiger partial charge in [-0.15, -0.1) is 11.3 Å². The van der Waals surface area contributed by atoms with Crippen LogP contribution in [0.4, 0.5) is 5.00 Å². The van der Waals surface area contributed by atoms with E-state index in [-0.39, 0.29) is 11.4 Å². The van der Waals surface area contributed by atoms with Crippen molar-refractivity contribution in [2.24, 2.45) is 0 Å². The maximum atomic E-state index is 12.1. The molecule has 1 saturated carbocycles. The highest BCUT2D eigenvalue weighted by Gasteiger charge is 2.43. The Morgan fingerprint density at radius 3 is 2.53 bits per heavy atom. The average molecular weight is 253 g/mol. The predicted molar refractivity (Wildman–Crippen MR) is 70.5 cm³/mol. The molecule has 0 radical (unpaired) electrons. The normalized spacial score (nSPS) is 17.9. The highest BCUT2D eigenvalue weighted by atomic mass is 32.1. The van der Waals surface area contributed by atoms with Gasteiger partial charge >= 0.3 is 5.97 Å². The lowest BCUT2D eigenvalue weighted by Gasteiger charge is -2.20. The molecule has 0 bridgehead atoms. The first kappa shape index (κ1) is 12.4. The topological polar surface area (TPSA) is 52.3 Å². The second-order valence-corrected chi connectivity index (χ2v) is 6.86. The molecule has 3 nitrogen and oxygen atoms in total. The molecule has 4 heteroatoms. The lowest BCUT2D eigenvalue weighted by Crippen LogP contribution is -2.25. The second-order valence-electron chi connectivity index (χ2n) is 5.95. The minimum absolute atomic E-state index is 0.139. The molecule has 1 aliphatic rings. The molecular formula is C13H19NO2S. The molecule has 94 valence electrons. The van der Waals surface area contributed by atoms with Crippen LogP contribution in [0.2, 0.25) is 0 Å². The number of hydrogen-bond donors (Lipinski definition) is 1. The number of hydrogen-bond acceptors (Lipinski definition) is 4. The molecule has 0 aliphatic heterocycles. The van der Waals surface area contributed by atoms with Gasteiger partial charge in [-0.2, -0.15) is 0 Å². The predicted octanol–water partition coefficient (Wildman–Crippen LogP) is 3.34. The molecule has 1 heterocycles. The van der Waals surface area contributed by atoms with Gasteiger partial charge in [0.1, 0.15) is 10.6 Å². The van der Waals surface area contributed by atoms with Crippen molar-refractivity contribution >= 4 is 22.3 Å². The van der Waals surface area contributed by atoms with E-state index < -0.39 is 5.60 Å². The summed E-state index contributed by atoms with van der Waals surface area (Å²) in [6, 6.07) is 0. The molecule has 0 spiro atoms. The fraction of sp³-hybridized carbons (Fsp3) is 0.615. The lowest BCUT2D eigenvalue weighted by molar-refractivity contribution is 0.00695. The molecule has 0 amide bonds. The van der Waals surface area contributed by atoms with Crippen LogP contribution in [-0.2, 0) is 10.2 Å². The molecule has 2 rings (SSSR count). The van der Waals surface area contributed by atoms with Crippen molar-refractivity contribution < 1.29 is 9.53 Å². The SMILES string of the molecule is CC(C)(C)OC(=O)c1c(C2(C)CC2)csc1N. The maximum Gasteiger partial charge on any atom is 0.341 e. The summed E-state index contributed by atoms with van der Waals surface area (Å²) in [6.45, 7) is 7.77. The van der Waals surface area contributed by atoms with Gasteiger partial charge in [0.15, 0.2) is 0 Å². The fourth-order valence-electron chi connectivity index (χ4n) is 1.81. The number of carbonyl (C=O) groups excluding carboxylic acids is 1. The number of nitrogens with two attached hydrogens (primary N) is 1. The Balaban J connectivity index is 2.32. The summed E-state index contributed by atoms with van der Waals surface area (Å²) >= 11 is 1.43. The van der Waals surface area contributed by atoms with Crippen LogP contribution in [0.5, 0.6) is 0 Å². The number of thiophene rings is 1. The van der Waals surface area contributed by atoms with E-state index in [1.807, 2.05) is 26.2 Å². The molecule has 1 aliphatic carbocycles. The Hall–Kier alpha value is -1.03. The summed E-state index contributed by atoms with van der Waals surface area (Å²) in [5.74, 6) is -0.292. The van der Waals surface area contributed by atoms with Crippen LogP contribution in [-0.4, -0.2) is 11.6 Å². The summed E-state index contributed by atoms with van der Waals surface area (Å²) in [5.41, 5.74) is 7.22. The lowest BCUT2D eigenvalue weighted by atomic mass is 9.97. The minimum Gasteiger partial charge on any atom is -0.456 e. The van der Waals surface area contributed by atoms with E-state index in [0.717, 1.165) is 18.4 Å². The van der Waals surface area contributed by atoms with E-state index >= 15 is 0 Å². The fourth-order valence-corrected chi connectivity index (χ4v) is 2.77. The average Bonchev–Trinajstić information content (AvgIpc) is 2.74. The number of carbonyl (C=O) groups is 1. The van der Waals surface area contributed by atoms with E-state index in [0.29, 0.717) is 10.6 Å².